The van der Waals surface area contributed by atoms with Crippen molar-refractivity contribution < 1.29 is 17.9 Å². The van der Waals surface area contributed by atoms with E-state index in [9.17, 15) is 13.2 Å². The lowest BCUT2D eigenvalue weighted by Gasteiger charge is -2.08. The first kappa shape index (κ1) is 13.8. The fourth-order valence-electron chi connectivity index (χ4n) is 1.47. The molecule has 0 fully saturated rings. The third-order valence-corrected chi connectivity index (χ3v) is 2.99. The van der Waals surface area contributed by atoms with Crippen LogP contribution in [0.2, 0.25) is 0 Å². The van der Waals surface area contributed by atoms with Gasteiger partial charge in [0.2, 0.25) is 5.88 Å². The highest BCUT2D eigenvalue weighted by Gasteiger charge is 2.30. The van der Waals surface area contributed by atoms with E-state index in [1.54, 1.807) is 6.07 Å². The molecule has 0 bridgehead atoms. The summed E-state index contributed by atoms with van der Waals surface area (Å²) in [5.41, 5.74) is 0.307. The van der Waals surface area contributed by atoms with Gasteiger partial charge in [-0.2, -0.15) is 13.2 Å². The van der Waals surface area contributed by atoms with Crippen molar-refractivity contribution in [2.24, 2.45) is 0 Å². The Labute approximate surface area is 115 Å². The van der Waals surface area contributed by atoms with Crippen molar-refractivity contribution in [3.63, 3.8) is 0 Å². The van der Waals surface area contributed by atoms with Gasteiger partial charge < -0.3 is 4.74 Å². The molecule has 0 atom stereocenters. The second-order valence-electron chi connectivity index (χ2n) is 3.66. The topological polar surface area (TPSA) is 35.0 Å². The van der Waals surface area contributed by atoms with E-state index in [1.807, 2.05) is 0 Å². The van der Waals surface area contributed by atoms with Crippen LogP contribution in [0.3, 0.4) is 0 Å². The number of nitrogens with zero attached hydrogens (tertiary/aromatic N) is 2. The molecule has 2 rings (SSSR count). The molecule has 0 radical (unpaired) electrons. The number of hydrogen-bond acceptors (Lipinski definition) is 3. The molecule has 0 spiro atoms. The van der Waals surface area contributed by atoms with Gasteiger partial charge in [-0.15, -0.1) is 10.2 Å². The molecule has 0 N–H and O–H groups in total. The second-order valence-corrected chi connectivity index (χ2v) is 4.52. The van der Waals surface area contributed by atoms with Crippen molar-refractivity contribution in [2.45, 2.75) is 6.18 Å². The van der Waals surface area contributed by atoms with Gasteiger partial charge in [0.25, 0.3) is 0 Å². The Bertz CT molecular complexity index is 585. The number of halogens is 4. The minimum atomic E-state index is -4.34. The molecule has 0 amide bonds. The molecule has 0 saturated heterocycles. The van der Waals surface area contributed by atoms with Gasteiger partial charge in [0.15, 0.2) is 0 Å². The molecule has 0 unspecified atom stereocenters. The molecule has 0 aliphatic rings. The Kier molecular flexibility index (Phi) is 3.75. The molecule has 2 aromatic rings. The zero-order valence-electron chi connectivity index (χ0n) is 9.70. The summed E-state index contributed by atoms with van der Waals surface area (Å²) in [5, 5.41) is 7.69. The summed E-state index contributed by atoms with van der Waals surface area (Å²) in [7, 11) is 1.45. The van der Waals surface area contributed by atoms with Crippen LogP contribution < -0.4 is 4.74 Å². The molecule has 19 heavy (non-hydrogen) atoms. The van der Waals surface area contributed by atoms with E-state index < -0.39 is 11.7 Å². The van der Waals surface area contributed by atoms with Gasteiger partial charge in [-0.3, -0.25) is 0 Å². The van der Waals surface area contributed by atoms with Crippen molar-refractivity contribution in [3.8, 4) is 17.1 Å². The van der Waals surface area contributed by atoms with Crippen LogP contribution >= 0.6 is 15.9 Å². The van der Waals surface area contributed by atoms with Crippen molar-refractivity contribution in [2.75, 3.05) is 7.11 Å². The third-order valence-electron chi connectivity index (χ3n) is 2.42. The van der Waals surface area contributed by atoms with E-state index >= 15 is 0 Å². The molecular formula is C12H8BrF3N2O. The minimum absolute atomic E-state index is 0.315. The molecule has 7 heteroatoms. The fraction of sp³-hybridized carbons (Fsp3) is 0.167. The smallest absolute Gasteiger partial charge is 0.416 e. The Morgan fingerprint density at radius 1 is 1.11 bits per heavy atom. The van der Waals surface area contributed by atoms with Gasteiger partial charge in [-0.1, -0.05) is 12.1 Å². The summed E-state index contributed by atoms with van der Waals surface area (Å²) >= 11 is 3.24. The molecular weight excluding hydrogens is 325 g/mol. The summed E-state index contributed by atoms with van der Waals surface area (Å²) in [6.07, 6.45) is -4.34. The van der Waals surface area contributed by atoms with Gasteiger partial charge in [0, 0.05) is 5.56 Å². The van der Waals surface area contributed by atoms with Crippen molar-refractivity contribution >= 4 is 15.9 Å². The lowest BCUT2D eigenvalue weighted by molar-refractivity contribution is -0.137. The number of rotatable bonds is 2. The van der Waals surface area contributed by atoms with E-state index in [-0.39, 0.29) is 0 Å². The number of methoxy groups -OCH3 is 1. The third kappa shape index (κ3) is 3.04. The average Bonchev–Trinajstić information content (AvgIpc) is 2.38. The van der Waals surface area contributed by atoms with Crippen LogP contribution in [0, 0.1) is 0 Å². The fourth-order valence-corrected chi connectivity index (χ4v) is 1.93. The van der Waals surface area contributed by atoms with Crippen molar-refractivity contribution in [3.05, 3.63) is 40.4 Å². The molecule has 1 aromatic heterocycles. The summed E-state index contributed by atoms with van der Waals surface area (Å²) in [6.45, 7) is 0. The minimum Gasteiger partial charge on any atom is -0.479 e. The van der Waals surface area contributed by atoms with Crippen LogP contribution in [0.4, 0.5) is 13.2 Å². The van der Waals surface area contributed by atoms with Crippen LogP contribution in [0.1, 0.15) is 5.56 Å². The van der Waals surface area contributed by atoms with Crippen LogP contribution in [-0.4, -0.2) is 17.3 Å². The average molecular weight is 333 g/mol. The molecule has 1 heterocycles. The Morgan fingerprint density at radius 2 is 1.74 bits per heavy atom. The van der Waals surface area contributed by atoms with E-state index in [1.165, 1.54) is 19.2 Å². The van der Waals surface area contributed by atoms with Gasteiger partial charge in [0.1, 0.15) is 0 Å². The standard InChI is InChI=1S/C12H8BrF3N2O/c1-19-11-9(13)6-10(17-18-11)7-2-4-8(5-3-7)12(14,15)16/h2-6H,1H3. The second kappa shape index (κ2) is 5.16. The predicted octanol–water partition coefficient (Wildman–Crippen LogP) is 3.93. The molecule has 3 nitrogen and oxygen atoms in total. The first-order chi connectivity index (χ1) is 8.91. The summed E-state index contributed by atoms with van der Waals surface area (Å²) in [6, 6.07) is 6.36. The molecule has 0 saturated carbocycles. The van der Waals surface area contributed by atoms with Crippen molar-refractivity contribution in [1.82, 2.24) is 10.2 Å². The van der Waals surface area contributed by atoms with Gasteiger partial charge in [-0.25, -0.2) is 0 Å². The van der Waals surface area contributed by atoms with Crippen molar-refractivity contribution in [1.29, 1.82) is 0 Å². The predicted molar refractivity (Wildman–Crippen MR) is 66.7 cm³/mol. The monoisotopic (exact) mass is 332 g/mol. The lowest BCUT2D eigenvalue weighted by Crippen LogP contribution is -2.04. The van der Waals surface area contributed by atoms with E-state index in [4.69, 9.17) is 4.74 Å². The van der Waals surface area contributed by atoms with E-state index in [0.29, 0.717) is 21.6 Å². The maximum absolute atomic E-state index is 12.4. The Morgan fingerprint density at radius 3 is 2.21 bits per heavy atom. The number of hydrogen-bond donors (Lipinski definition) is 0. The molecule has 0 aliphatic carbocycles. The van der Waals surface area contributed by atoms with Gasteiger partial charge in [0.05, 0.1) is 22.8 Å². The number of ether oxygens (including phenoxy) is 1. The zero-order valence-corrected chi connectivity index (χ0v) is 11.3. The van der Waals surface area contributed by atoms with E-state index in [2.05, 4.69) is 26.1 Å². The molecule has 100 valence electrons. The number of alkyl halides is 3. The molecule has 0 aliphatic heterocycles. The molecule has 1 aromatic carbocycles. The number of aromatic nitrogens is 2. The van der Waals surface area contributed by atoms with Crippen LogP contribution in [0.15, 0.2) is 34.8 Å². The summed E-state index contributed by atoms with van der Waals surface area (Å²) < 4.78 is 42.8. The zero-order chi connectivity index (χ0) is 14.0. The SMILES string of the molecule is COc1nnc(-c2ccc(C(F)(F)F)cc2)cc1Br. The maximum atomic E-state index is 12.4. The van der Waals surface area contributed by atoms with Gasteiger partial charge >= 0.3 is 6.18 Å². The first-order valence-corrected chi connectivity index (χ1v) is 5.96. The number of benzene rings is 1. The quantitative estimate of drug-likeness (QED) is 0.835. The first-order valence-electron chi connectivity index (χ1n) is 5.16. The van der Waals surface area contributed by atoms with Crippen LogP contribution in [0.25, 0.3) is 11.3 Å². The highest BCUT2D eigenvalue weighted by atomic mass is 79.9. The van der Waals surface area contributed by atoms with Crippen LogP contribution in [-0.2, 0) is 6.18 Å². The summed E-state index contributed by atoms with van der Waals surface area (Å²) in [5.74, 6) is 0.315. The largest absolute Gasteiger partial charge is 0.479 e. The highest BCUT2D eigenvalue weighted by molar-refractivity contribution is 9.10. The highest BCUT2D eigenvalue weighted by Crippen LogP contribution is 2.31. The normalized spacial score (nSPS) is 11.4. The van der Waals surface area contributed by atoms with Crippen LogP contribution in [0.5, 0.6) is 5.88 Å². The van der Waals surface area contributed by atoms with Gasteiger partial charge in [-0.05, 0) is 34.1 Å². The Hall–Kier alpha value is -1.63. The Balaban J connectivity index is 2.35. The maximum Gasteiger partial charge on any atom is 0.416 e. The summed E-state index contributed by atoms with van der Waals surface area (Å²) in [4.78, 5) is 0. The van der Waals surface area contributed by atoms with E-state index in [0.717, 1.165) is 12.1 Å². The lowest BCUT2D eigenvalue weighted by atomic mass is 10.1.